The fraction of sp³-hybridized carbons (Fsp3) is 0.300. The number of nitrogens with zero attached hydrogens (tertiary/aromatic N) is 3. The van der Waals surface area contributed by atoms with Gasteiger partial charge in [-0.25, -0.2) is 9.78 Å². The third kappa shape index (κ3) is 3.67. The molecule has 1 amide bonds. The van der Waals surface area contributed by atoms with E-state index >= 15 is 0 Å². The summed E-state index contributed by atoms with van der Waals surface area (Å²) in [4.78, 5) is 29.2. The maximum absolute atomic E-state index is 12.3. The van der Waals surface area contributed by atoms with Crippen LogP contribution in [-0.2, 0) is 9.53 Å². The van der Waals surface area contributed by atoms with Crippen molar-refractivity contribution in [3.63, 3.8) is 0 Å². The number of aromatic nitrogens is 3. The van der Waals surface area contributed by atoms with E-state index in [2.05, 4.69) is 15.4 Å². The average Bonchev–Trinajstić information content (AvgIpc) is 3.05. The van der Waals surface area contributed by atoms with Gasteiger partial charge in [-0.3, -0.25) is 4.79 Å². The molecule has 0 saturated carbocycles. The van der Waals surface area contributed by atoms with Crippen LogP contribution in [0.4, 0.5) is 5.82 Å². The number of esters is 1. The van der Waals surface area contributed by atoms with E-state index < -0.39 is 5.97 Å². The molecule has 0 aliphatic heterocycles. The number of carbonyl (C=O) groups is 2. The van der Waals surface area contributed by atoms with E-state index in [9.17, 15) is 9.59 Å². The maximum atomic E-state index is 12.3. The summed E-state index contributed by atoms with van der Waals surface area (Å²) < 4.78 is 6.55. The van der Waals surface area contributed by atoms with Gasteiger partial charge < -0.3 is 10.1 Å². The Morgan fingerprint density at radius 1 is 1.26 bits per heavy atom. The van der Waals surface area contributed by atoms with Crippen LogP contribution in [0.3, 0.4) is 0 Å². The van der Waals surface area contributed by atoms with Crippen molar-refractivity contribution in [1.29, 1.82) is 0 Å². The van der Waals surface area contributed by atoms with Gasteiger partial charge >= 0.3 is 5.97 Å². The van der Waals surface area contributed by atoms with Gasteiger partial charge in [0.1, 0.15) is 5.56 Å². The van der Waals surface area contributed by atoms with Crippen molar-refractivity contribution in [3.8, 4) is 5.82 Å². The molecule has 0 aliphatic rings. The molecule has 2 heterocycles. The van der Waals surface area contributed by atoms with E-state index in [1.54, 1.807) is 20.8 Å². The predicted molar refractivity (Wildman–Crippen MR) is 103 cm³/mol. The first-order chi connectivity index (χ1) is 12.9. The van der Waals surface area contributed by atoms with Crippen LogP contribution in [0.1, 0.15) is 36.7 Å². The van der Waals surface area contributed by atoms with Gasteiger partial charge in [-0.2, -0.15) is 9.78 Å². The third-order valence-corrected chi connectivity index (χ3v) is 4.16. The monoisotopic (exact) mass is 366 g/mol. The van der Waals surface area contributed by atoms with Crippen molar-refractivity contribution in [2.75, 3.05) is 11.9 Å². The first-order valence-corrected chi connectivity index (χ1v) is 8.85. The van der Waals surface area contributed by atoms with Crippen LogP contribution >= 0.6 is 0 Å². The standard InChI is InChI=1S/C20H22N4O3/c1-5-27-20(26)15-11-21-24(18(15)23-19(25)12(2)3)17-10-13(4)14-8-6-7-9-16(14)22-17/h6-12H,5H2,1-4H3,(H,23,25). The Bertz CT molecular complexity index is 1010. The minimum atomic E-state index is -0.541. The highest BCUT2D eigenvalue weighted by Crippen LogP contribution is 2.24. The lowest BCUT2D eigenvalue weighted by Gasteiger charge is -2.13. The summed E-state index contributed by atoms with van der Waals surface area (Å²) in [6.45, 7) is 7.49. The first-order valence-electron chi connectivity index (χ1n) is 8.85. The Labute approximate surface area is 157 Å². The third-order valence-electron chi connectivity index (χ3n) is 4.16. The summed E-state index contributed by atoms with van der Waals surface area (Å²) in [6.07, 6.45) is 1.39. The number of hydrogen-bond donors (Lipinski definition) is 1. The highest BCUT2D eigenvalue weighted by Gasteiger charge is 2.23. The average molecular weight is 366 g/mol. The van der Waals surface area contributed by atoms with Gasteiger partial charge in [0.15, 0.2) is 11.6 Å². The zero-order valence-corrected chi connectivity index (χ0v) is 15.8. The van der Waals surface area contributed by atoms with E-state index in [1.165, 1.54) is 10.9 Å². The summed E-state index contributed by atoms with van der Waals surface area (Å²) in [5, 5.41) is 8.11. The summed E-state index contributed by atoms with van der Waals surface area (Å²) in [6, 6.07) is 9.64. The molecule has 1 aromatic carbocycles. The Kier molecular flexibility index (Phi) is 5.21. The molecular formula is C20H22N4O3. The van der Waals surface area contributed by atoms with Gasteiger partial charge in [0, 0.05) is 11.3 Å². The smallest absolute Gasteiger partial charge is 0.343 e. The number of nitrogens with one attached hydrogen (secondary N) is 1. The van der Waals surface area contributed by atoms with Crippen LogP contribution in [0.5, 0.6) is 0 Å². The van der Waals surface area contributed by atoms with E-state index in [0.29, 0.717) is 5.82 Å². The van der Waals surface area contributed by atoms with E-state index in [4.69, 9.17) is 4.74 Å². The van der Waals surface area contributed by atoms with Crippen LogP contribution in [-0.4, -0.2) is 33.2 Å². The Hall–Kier alpha value is -3.22. The molecule has 7 nitrogen and oxygen atoms in total. The highest BCUT2D eigenvalue weighted by atomic mass is 16.5. The molecule has 0 fully saturated rings. The molecule has 0 spiro atoms. The molecule has 0 aliphatic carbocycles. The predicted octanol–water partition coefficient (Wildman–Crippen LogP) is 3.50. The number of benzene rings is 1. The molecule has 2 aromatic heterocycles. The number of hydrogen-bond acceptors (Lipinski definition) is 5. The number of carbonyl (C=O) groups excluding carboxylic acids is 2. The molecule has 7 heteroatoms. The second-order valence-electron chi connectivity index (χ2n) is 6.50. The number of rotatable bonds is 5. The van der Waals surface area contributed by atoms with E-state index in [-0.39, 0.29) is 29.8 Å². The van der Waals surface area contributed by atoms with Crippen molar-refractivity contribution >= 4 is 28.6 Å². The quantitative estimate of drug-likeness (QED) is 0.699. The van der Waals surface area contributed by atoms with Gasteiger partial charge in [0.25, 0.3) is 0 Å². The van der Waals surface area contributed by atoms with Crippen LogP contribution in [0.25, 0.3) is 16.7 Å². The Morgan fingerprint density at radius 2 is 2.00 bits per heavy atom. The van der Waals surface area contributed by atoms with Crippen LogP contribution in [0, 0.1) is 12.8 Å². The van der Waals surface area contributed by atoms with E-state index in [0.717, 1.165) is 16.5 Å². The van der Waals surface area contributed by atoms with Crippen molar-refractivity contribution in [1.82, 2.24) is 14.8 Å². The minimum absolute atomic E-state index is 0.193. The van der Waals surface area contributed by atoms with Crippen LogP contribution in [0.15, 0.2) is 36.5 Å². The van der Waals surface area contributed by atoms with Gasteiger partial charge in [0.05, 0.1) is 18.3 Å². The van der Waals surface area contributed by atoms with Crippen molar-refractivity contribution in [2.24, 2.45) is 5.92 Å². The van der Waals surface area contributed by atoms with Gasteiger partial charge in [-0.1, -0.05) is 32.0 Å². The second kappa shape index (κ2) is 7.57. The lowest BCUT2D eigenvalue weighted by molar-refractivity contribution is -0.118. The lowest BCUT2D eigenvalue weighted by Crippen LogP contribution is -2.22. The molecule has 0 bridgehead atoms. The number of anilines is 1. The first kappa shape index (κ1) is 18.6. The number of aryl methyl sites for hydroxylation is 1. The molecule has 27 heavy (non-hydrogen) atoms. The Balaban J connectivity index is 2.14. The second-order valence-corrected chi connectivity index (χ2v) is 6.50. The summed E-state index contributed by atoms with van der Waals surface area (Å²) in [5.74, 6) is -0.245. The fourth-order valence-electron chi connectivity index (χ4n) is 2.70. The van der Waals surface area contributed by atoms with Gasteiger partial charge in [0.2, 0.25) is 5.91 Å². The molecule has 3 aromatic rings. The number of fused-ring (bicyclic) bond motifs is 1. The van der Waals surface area contributed by atoms with E-state index in [1.807, 2.05) is 37.3 Å². The summed E-state index contributed by atoms with van der Waals surface area (Å²) >= 11 is 0. The fourth-order valence-corrected chi connectivity index (χ4v) is 2.70. The maximum Gasteiger partial charge on any atom is 0.343 e. The molecule has 0 unspecified atom stereocenters. The largest absolute Gasteiger partial charge is 0.462 e. The molecule has 3 rings (SSSR count). The lowest BCUT2D eigenvalue weighted by atomic mass is 10.1. The minimum Gasteiger partial charge on any atom is -0.462 e. The zero-order chi connectivity index (χ0) is 19.6. The summed E-state index contributed by atoms with van der Waals surface area (Å²) in [5.41, 5.74) is 2.02. The normalized spacial score (nSPS) is 11.0. The SMILES string of the molecule is CCOC(=O)c1cnn(-c2cc(C)c3ccccc3n2)c1NC(=O)C(C)C. The van der Waals surface area contributed by atoms with Crippen molar-refractivity contribution in [2.45, 2.75) is 27.7 Å². The Morgan fingerprint density at radius 3 is 2.70 bits per heavy atom. The van der Waals surface area contributed by atoms with Crippen molar-refractivity contribution in [3.05, 3.63) is 47.7 Å². The van der Waals surface area contributed by atoms with Gasteiger partial charge in [-0.15, -0.1) is 0 Å². The highest BCUT2D eigenvalue weighted by molar-refractivity contribution is 6.01. The molecule has 0 saturated heterocycles. The molecule has 140 valence electrons. The number of para-hydroxylation sites is 1. The molecular weight excluding hydrogens is 344 g/mol. The van der Waals surface area contributed by atoms with Gasteiger partial charge in [-0.05, 0) is 31.5 Å². The number of ether oxygens (including phenoxy) is 1. The molecule has 0 atom stereocenters. The topological polar surface area (TPSA) is 86.1 Å². The summed E-state index contributed by atoms with van der Waals surface area (Å²) in [7, 11) is 0. The van der Waals surface area contributed by atoms with Crippen molar-refractivity contribution < 1.29 is 14.3 Å². The molecule has 1 N–H and O–H groups in total. The number of amides is 1. The zero-order valence-electron chi connectivity index (χ0n) is 15.8. The van der Waals surface area contributed by atoms with Crippen LogP contribution in [0.2, 0.25) is 0 Å². The number of pyridine rings is 1. The molecule has 0 radical (unpaired) electrons. The van der Waals surface area contributed by atoms with Crippen LogP contribution < -0.4 is 5.32 Å².